The molecule has 0 unspecified atom stereocenters. The summed E-state index contributed by atoms with van der Waals surface area (Å²) in [6.07, 6.45) is 1.34. The van der Waals surface area contributed by atoms with Crippen LogP contribution >= 0.6 is 23.2 Å². The number of carbonyl (C=O) groups excluding carboxylic acids is 5. The third-order valence-corrected chi connectivity index (χ3v) is 7.89. The lowest BCUT2D eigenvalue weighted by Gasteiger charge is -2.28. The highest BCUT2D eigenvalue weighted by Gasteiger charge is 2.66. The number of imide groups is 1. The molecule has 2 bridgehead atoms. The Kier molecular flexibility index (Phi) is 7.14. The molecule has 3 aliphatic rings. The normalized spacial score (nSPS) is 29.2. The SMILES string of the molecule is CCCOC(=O)c1ccc(NC(=O)COC(=O)CN2C(=O)[C@@H]3[C@H]4C[C@@H]([C@H](Cl)[C@@H]4Cl)[C@@H]3C2=O)cc1. The highest BCUT2D eigenvalue weighted by Crippen LogP contribution is 2.59. The number of nitrogens with one attached hydrogen (secondary N) is 1. The van der Waals surface area contributed by atoms with Gasteiger partial charge in [0, 0.05) is 5.69 Å². The van der Waals surface area contributed by atoms with Crippen molar-refractivity contribution in [3.05, 3.63) is 29.8 Å². The fourth-order valence-corrected chi connectivity index (χ4v) is 5.94. The minimum atomic E-state index is -0.872. The first-order chi connectivity index (χ1) is 16.2. The number of hydrogen-bond donors (Lipinski definition) is 1. The molecular weight excluding hydrogens is 487 g/mol. The van der Waals surface area contributed by atoms with Crippen LogP contribution in [0.5, 0.6) is 0 Å². The second-order valence-corrected chi connectivity index (χ2v) is 9.70. The molecule has 1 N–H and O–H groups in total. The molecule has 3 fully saturated rings. The standard InChI is InChI=1S/C23H24Cl2N2O7/c1-2-7-33-23(32)11-3-5-12(6-4-11)26-15(28)10-34-16(29)9-27-21(30)17-13-8-14(18(17)22(27)31)20(25)19(13)24/h3-6,13-14,17-20H,2,7-10H2,1H3,(H,26,28)/t13-,14-,17-,18+,19-,20+/m1/s1. The van der Waals surface area contributed by atoms with Gasteiger partial charge < -0.3 is 14.8 Å². The highest BCUT2D eigenvalue weighted by molar-refractivity contribution is 6.31. The van der Waals surface area contributed by atoms with E-state index in [0.717, 1.165) is 4.90 Å². The first-order valence-electron chi connectivity index (χ1n) is 11.1. The summed E-state index contributed by atoms with van der Waals surface area (Å²) in [5.41, 5.74) is 0.740. The van der Waals surface area contributed by atoms with Crippen LogP contribution in [0, 0.1) is 23.7 Å². The lowest BCUT2D eigenvalue weighted by atomic mass is 9.80. The van der Waals surface area contributed by atoms with Gasteiger partial charge in [-0.25, -0.2) is 4.79 Å². The fourth-order valence-electron chi connectivity index (χ4n) is 5.05. The molecule has 0 radical (unpaired) electrons. The number of esters is 2. The quantitative estimate of drug-likeness (QED) is 0.323. The van der Waals surface area contributed by atoms with Crippen molar-refractivity contribution in [3.63, 3.8) is 0 Å². The molecule has 1 saturated heterocycles. The molecule has 34 heavy (non-hydrogen) atoms. The maximum atomic E-state index is 12.8. The summed E-state index contributed by atoms with van der Waals surface area (Å²) < 4.78 is 9.98. The van der Waals surface area contributed by atoms with Crippen LogP contribution in [0.25, 0.3) is 0 Å². The third kappa shape index (κ3) is 4.51. The van der Waals surface area contributed by atoms with Crippen molar-refractivity contribution in [3.8, 4) is 0 Å². The van der Waals surface area contributed by atoms with E-state index in [2.05, 4.69) is 5.32 Å². The van der Waals surface area contributed by atoms with Gasteiger partial charge in [-0.05, 0) is 48.9 Å². The summed E-state index contributed by atoms with van der Waals surface area (Å²) in [7, 11) is 0. The summed E-state index contributed by atoms with van der Waals surface area (Å²) in [5, 5.41) is 1.78. The van der Waals surface area contributed by atoms with Gasteiger partial charge in [0.05, 0.1) is 34.8 Å². The lowest BCUT2D eigenvalue weighted by Crippen LogP contribution is -2.38. The van der Waals surface area contributed by atoms with Gasteiger partial charge in [-0.3, -0.25) is 24.1 Å². The van der Waals surface area contributed by atoms with Crippen LogP contribution in [0.4, 0.5) is 5.69 Å². The average Bonchev–Trinajstić information content (AvgIpc) is 3.43. The van der Waals surface area contributed by atoms with Gasteiger partial charge in [0.1, 0.15) is 6.54 Å². The van der Waals surface area contributed by atoms with Crippen molar-refractivity contribution in [2.45, 2.75) is 30.5 Å². The molecule has 11 heteroatoms. The van der Waals surface area contributed by atoms with E-state index in [1.807, 2.05) is 6.92 Å². The van der Waals surface area contributed by atoms with Gasteiger partial charge in [-0.1, -0.05) is 6.92 Å². The zero-order chi connectivity index (χ0) is 24.6. The number of benzene rings is 1. The van der Waals surface area contributed by atoms with E-state index in [0.29, 0.717) is 30.7 Å². The molecule has 3 amide bonds. The monoisotopic (exact) mass is 510 g/mol. The summed E-state index contributed by atoms with van der Waals surface area (Å²) in [4.78, 5) is 62.6. The predicted octanol–water partition coefficient (Wildman–Crippen LogP) is 2.20. The Morgan fingerprint density at radius 3 is 2.15 bits per heavy atom. The van der Waals surface area contributed by atoms with Gasteiger partial charge in [-0.15, -0.1) is 23.2 Å². The van der Waals surface area contributed by atoms with Gasteiger partial charge in [0.15, 0.2) is 6.61 Å². The van der Waals surface area contributed by atoms with Crippen LogP contribution in [0.1, 0.15) is 30.1 Å². The predicted molar refractivity (Wildman–Crippen MR) is 121 cm³/mol. The Balaban J connectivity index is 1.25. The maximum absolute atomic E-state index is 12.8. The number of likely N-dealkylation sites (tertiary alicyclic amines) is 1. The molecule has 1 aromatic carbocycles. The van der Waals surface area contributed by atoms with Gasteiger partial charge in [0.25, 0.3) is 5.91 Å². The molecule has 0 spiro atoms. The third-order valence-electron chi connectivity index (χ3n) is 6.57. The number of nitrogens with zero attached hydrogens (tertiary/aromatic N) is 1. The molecule has 0 aromatic heterocycles. The topological polar surface area (TPSA) is 119 Å². The van der Waals surface area contributed by atoms with Crippen LogP contribution in [0.2, 0.25) is 0 Å². The molecule has 6 atom stereocenters. The summed E-state index contributed by atoms with van der Waals surface area (Å²) in [6.45, 7) is 1.05. The Hall–Kier alpha value is -2.65. The van der Waals surface area contributed by atoms with Crippen molar-refractivity contribution in [1.82, 2.24) is 4.90 Å². The van der Waals surface area contributed by atoms with E-state index in [4.69, 9.17) is 32.7 Å². The first kappa shape index (κ1) is 24.5. The molecule has 4 rings (SSSR count). The van der Waals surface area contributed by atoms with Crippen molar-refractivity contribution in [2.24, 2.45) is 23.7 Å². The zero-order valence-corrected chi connectivity index (χ0v) is 19.9. The van der Waals surface area contributed by atoms with Crippen LogP contribution < -0.4 is 5.32 Å². The Labute approximate surface area is 206 Å². The molecule has 1 aromatic rings. The number of ether oxygens (including phenoxy) is 2. The van der Waals surface area contributed by atoms with E-state index in [9.17, 15) is 24.0 Å². The van der Waals surface area contributed by atoms with Gasteiger partial charge >= 0.3 is 11.9 Å². The van der Waals surface area contributed by atoms with E-state index in [1.54, 1.807) is 0 Å². The Morgan fingerprint density at radius 1 is 1.00 bits per heavy atom. The maximum Gasteiger partial charge on any atom is 0.338 e. The van der Waals surface area contributed by atoms with Crippen LogP contribution in [0.3, 0.4) is 0 Å². The fraction of sp³-hybridized carbons (Fsp3) is 0.522. The average molecular weight is 511 g/mol. The molecule has 1 heterocycles. The van der Waals surface area contributed by atoms with Crippen LogP contribution in [-0.4, -0.2) is 65.1 Å². The van der Waals surface area contributed by atoms with Crippen molar-refractivity contribution < 1.29 is 33.4 Å². The van der Waals surface area contributed by atoms with Crippen molar-refractivity contribution >= 4 is 58.5 Å². The molecule has 2 aliphatic carbocycles. The van der Waals surface area contributed by atoms with E-state index in [1.165, 1.54) is 24.3 Å². The highest BCUT2D eigenvalue weighted by atomic mass is 35.5. The number of hydrogen-bond acceptors (Lipinski definition) is 7. The van der Waals surface area contributed by atoms with Gasteiger partial charge in [-0.2, -0.15) is 0 Å². The second-order valence-electron chi connectivity index (χ2n) is 8.69. The summed E-state index contributed by atoms with van der Waals surface area (Å²) in [5.74, 6) is -4.26. The smallest absolute Gasteiger partial charge is 0.338 e. The molecule has 2 saturated carbocycles. The van der Waals surface area contributed by atoms with Crippen molar-refractivity contribution in [2.75, 3.05) is 25.1 Å². The second kappa shape index (κ2) is 9.92. The Morgan fingerprint density at radius 2 is 1.59 bits per heavy atom. The number of alkyl halides is 2. The lowest BCUT2D eigenvalue weighted by molar-refractivity contribution is -0.154. The van der Waals surface area contributed by atoms with Gasteiger partial charge in [0.2, 0.25) is 11.8 Å². The Bertz CT molecular complexity index is 983. The minimum Gasteiger partial charge on any atom is -0.462 e. The molecule has 1 aliphatic heterocycles. The zero-order valence-electron chi connectivity index (χ0n) is 18.4. The summed E-state index contributed by atoms with van der Waals surface area (Å²) in [6, 6.07) is 6.05. The number of halogens is 2. The molecule has 9 nitrogen and oxygen atoms in total. The number of fused-ring (bicyclic) bond motifs is 5. The number of rotatable bonds is 8. The number of carbonyl (C=O) groups is 5. The minimum absolute atomic E-state index is 0.178. The largest absolute Gasteiger partial charge is 0.462 e. The first-order valence-corrected chi connectivity index (χ1v) is 12.0. The van der Waals surface area contributed by atoms with E-state index >= 15 is 0 Å². The van der Waals surface area contributed by atoms with Crippen LogP contribution in [0.15, 0.2) is 24.3 Å². The summed E-state index contributed by atoms with van der Waals surface area (Å²) >= 11 is 12.6. The van der Waals surface area contributed by atoms with E-state index < -0.39 is 54.6 Å². The number of anilines is 1. The van der Waals surface area contributed by atoms with Crippen molar-refractivity contribution in [1.29, 1.82) is 0 Å². The molecular formula is C23H24Cl2N2O7. The molecule has 182 valence electrons. The number of amides is 3. The van der Waals surface area contributed by atoms with E-state index in [-0.39, 0.29) is 22.6 Å². The van der Waals surface area contributed by atoms with Crippen LogP contribution in [-0.2, 0) is 28.7 Å².